The van der Waals surface area contributed by atoms with Crippen molar-refractivity contribution in [3.05, 3.63) is 29.8 Å². The van der Waals surface area contributed by atoms with Crippen molar-refractivity contribution < 1.29 is 18.3 Å². The van der Waals surface area contributed by atoms with E-state index in [4.69, 9.17) is 5.11 Å². The van der Waals surface area contributed by atoms with E-state index in [9.17, 15) is 13.2 Å². The van der Waals surface area contributed by atoms with Crippen LogP contribution in [0.5, 0.6) is 0 Å². The molecule has 1 aromatic rings. The molecule has 5 nitrogen and oxygen atoms in total. The van der Waals surface area contributed by atoms with Crippen LogP contribution in [0.15, 0.2) is 24.3 Å². The van der Waals surface area contributed by atoms with Crippen LogP contribution in [0.3, 0.4) is 0 Å². The fourth-order valence-corrected chi connectivity index (χ4v) is 2.91. The number of rotatable bonds is 5. The second-order valence-corrected chi connectivity index (χ2v) is 6.18. The van der Waals surface area contributed by atoms with Crippen molar-refractivity contribution in [2.24, 2.45) is 0 Å². The van der Waals surface area contributed by atoms with Crippen molar-refractivity contribution in [1.29, 1.82) is 0 Å². The molecule has 0 heterocycles. The molecule has 0 aliphatic carbocycles. The Morgan fingerprint density at radius 2 is 2.06 bits per heavy atom. The summed E-state index contributed by atoms with van der Waals surface area (Å²) in [6.07, 6.45) is 0. The third-order valence-electron chi connectivity index (χ3n) is 2.63. The number of sulfonamides is 1. The second-order valence-electron chi connectivity index (χ2n) is 4.05. The molecule has 1 N–H and O–H groups in total. The number of hydrogen-bond acceptors (Lipinski definition) is 3. The molecule has 1 atom stereocenters. The number of carbonyl (C=O) groups is 1. The zero-order valence-corrected chi connectivity index (χ0v) is 11.4. The van der Waals surface area contributed by atoms with Gasteiger partial charge in [-0.15, -0.1) is 0 Å². The number of aryl methyl sites for hydroxylation is 1. The summed E-state index contributed by atoms with van der Waals surface area (Å²) in [5.74, 6) is -1.31. The van der Waals surface area contributed by atoms with Crippen LogP contribution in [-0.4, -0.2) is 31.3 Å². The summed E-state index contributed by atoms with van der Waals surface area (Å²) >= 11 is 0. The first kappa shape index (κ1) is 14.5. The SMILES string of the molecule is CCS(=O)(=O)N(c1cccc(C)c1)C(C)C(=O)O. The van der Waals surface area contributed by atoms with Crippen LogP contribution < -0.4 is 4.31 Å². The topological polar surface area (TPSA) is 74.7 Å². The fourth-order valence-electron chi connectivity index (χ4n) is 1.63. The van der Waals surface area contributed by atoms with E-state index in [0.29, 0.717) is 5.69 Å². The molecular formula is C12H17NO4S. The molecule has 1 aromatic carbocycles. The van der Waals surface area contributed by atoms with E-state index in [2.05, 4.69) is 0 Å². The molecule has 100 valence electrons. The average Bonchev–Trinajstić information content (AvgIpc) is 2.28. The molecule has 0 fully saturated rings. The van der Waals surface area contributed by atoms with Gasteiger partial charge in [0.1, 0.15) is 6.04 Å². The van der Waals surface area contributed by atoms with Crippen LogP contribution >= 0.6 is 0 Å². The molecule has 0 saturated carbocycles. The van der Waals surface area contributed by atoms with E-state index in [1.54, 1.807) is 18.2 Å². The van der Waals surface area contributed by atoms with E-state index in [-0.39, 0.29) is 5.75 Å². The third kappa shape index (κ3) is 3.01. The van der Waals surface area contributed by atoms with Crippen LogP contribution in [0.25, 0.3) is 0 Å². The zero-order valence-electron chi connectivity index (χ0n) is 10.6. The maximum Gasteiger partial charge on any atom is 0.327 e. The molecule has 1 rings (SSSR count). The quantitative estimate of drug-likeness (QED) is 0.883. The molecule has 0 amide bonds. The van der Waals surface area contributed by atoms with Gasteiger partial charge in [-0.25, -0.2) is 13.2 Å². The van der Waals surface area contributed by atoms with Crippen LogP contribution in [0, 0.1) is 6.92 Å². The largest absolute Gasteiger partial charge is 0.480 e. The molecule has 0 aliphatic heterocycles. The van der Waals surface area contributed by atoms with Crippen molar-refractivity contribution >= 4 is 21.7 Å². The minimum atomic E-state index is -3.62. The fraction of sp³-hybridized carbons (Fsp3) is 0.417. The lowest BCUT2D eigenvalue weighted by Gasteiger charge is -2.27. The lowest BCUT2D eigenvalue weighted by Crippen LogP contribution is -2.44. The Morgan fingerprint density at radius 3 is 2.50 bits per heavy atom. The predicted octanol–water partition coefficient (Wildman–Crippen LogP) is 1.62. The summed E-state index contributed by atoms with van der Waals surface area (Å²) in [6.45, 7) is 4.68. The summed E-state index contributed by atoms with van der Waals surface area (Å²) in [6, 6.07) is 5.66. The highest BCUT2D eigenvalue weighted by atomic mass is 32.2. The van der Waals surface area contributed by atoms with Crippen molar-refractivity contribution in [2.45, 2.75) is 26.8 Å². The van der Waals surface area contributed by atoms with Crippen LogP contribution in [-0.2, 0) is 14.8 Å². The van der Waals surface area contributed by atoms with Crippen molar-refractivity contribution in [1.82, 2.24) is 0 Å². The van der Waals surface area contributed by atoms with Gasteiger partial charge in [0, 0.05) is 0 Å². The lowest BCUT2D eigenvalue weighted by atomic mass is 10.2. The zero-order chi connectivity index (χ0) is 13.9. The molecule has 0 bridgehead atoms. The van der Waals surface area contributed by atoms with Crippen LogP contribution in [0.1, 0.15) is 19.4 Å². The molecule has 18 heavy (non-hydrogen) atoms. The van der Waals surface area contributed by atoms with Gasteiger partial charge in [0.15, 0.2) is 0 Å². The number of benzene rings is 1. The number of anilines is 1. The first-order valence-electron chi connectivity index (χ1n) is 5.61. The standard InChI is InChI=1S/C12H17NO4S/c1-4-18(16,17)13(10(3)12(14)15)11-7-5-6-9(2)8-11/h5-8,10H,4H2,1-3H3,(H,14,15). The second kappa shape index (κ2) is 5.39. The van der Waals surface area contributed by atoms with Crippen LogP contribution in [0.2, 0.25) is 0 Å². The van der Waals surface area contributed by atoms with E-state index in [1.807, 2.05) is 13.0 Å². The summed E-state index contributed by atoms with van der Waals surface area (Å²) < 4.78 is 25.0. The Bertz CT molecular complexity index is 539. The highest BCUT2D eigenvalue weighted by Gasteiger charge is 2.30. The molecule has 0 saturated heterocycles. The normalized spacial score (nSPS) is 13.1. The van der Waals surface area contributed by atoms with E-state index in [0.717, 1.165) is 9.87 Å². The predicted molar refractivity (Wildman–Crippen MR) is 70.2 cm³/mol. The number of aliphatic carboxylic acids is 1. The molecule has 0 spiro atoms. The third-order valence-corrected chi connectivity index (χ3v) is 4.49. The van der Waals surface area contributed by atoms with Gasteiger partial charge in [-0.2, -0.15) is 0 Å². The van der Waals surface area contributed by atoms with Gasteiger partial charge in [-0.1, -0.05) is 12.1 Å². The number of carboxylic acids is 1. The lowest BCUT2D eigenvalue weighted by molar-refractivity contribution is -0.137. The summed E-state index contributed by atoms with van der Waals surface area (Å²) in [7, 11) is -3.62. The Labute approximate surface area is 107 Å². The Hall–Kier alpha value is -1.56. The van der Waals surface area contributed by atoms with Gasteiger partial charge in [-0.05, 0) is 38.5 Å². The van der Waals surface area contributed by atoms with E-state index in [1.165, 1.54) is 13.8 Å². The summed E-state index contributed by atoms with van der Waals surface area (Å²) in [4.78, 5) is 11.1. The molecular weight excluding hydrogens is 254 g/mol. The summed E-state index contributed by atoms with van der Waals surface area (Å²) in [5.41, 5.74) is 1.26. The highest BCUT2D eigenvalue weighted by Crippen LogP contribution is 2.22. The monoisotopic (exact) mass is 271 g/mol. The number of nitrogens with zero attached hydrogens (tertiary/aromatic N) is 1. The van der Waals surface area contributed by atoms with Gasteiger partial charge in [-0.3, -0.25) is 4.31 Å². The van der Waals surface area contributed by atoms with Gasteiger partial charge in [0.05, 0.1) is 11.4 Å². The van der Waals surface area contributed by atoms with Crippen molar-refractivity contribution in [2.75, 3.05) is 10.1 Å². The van der Waals surface area contributed by atoms with Crippen molar-refractivity contribution in [3.63, 3.8) is 0 Å². The molecule has 1 unspecified atom stereocenters. The van der Waals surface area contributed by atoms with Gasteiger partial charge in [0.2, 0.25) is 10.0 Å². The molecule has 6 heteroatoms. The molecule has 0 aliphatic rings. The smallest absolute Gasteiger partial charge is 0.327 e. The Morgan fingerprint density at radius 1 is 1.44 bits per heavy atom. The maximum atomic E-state index is 12.0. The Kier molecular flexibility index (Phi) is 4.34. The van der Waals surface area contributed by atoms with E-state index >= 15 is 0 Å². The first-order chi connectivity index (χ1) is 8.29. The number of hydrogen-bond donors (Lipinski definition) is 1. The maximum absolute atomic E-state index is 12.0. The minimum absolute atomic E-state index is 0.140. The van der Waals surface area contributed by atoms with E-state index < -0.39 is 22.0 Å². The van der Waals surface area contributed by atoms with Crippen LogP contribution in [0.4, 0.5) is 5.69 Å². The van der Waals surface area contributed by atoms with Crippen molar-refractivity contribution in [3.8, 4) is 0 Å². The minimum Gasteiger partial charge on any atom is -0.480 e. The molecule has 0 radical (unpaired) electrons. The van der Waals surface area contributed by atoms with Gasteiger partial charge in [0.25, 0.3) is 0 Å². The van der Waals surface area contributed by atoms with Gasteiger partial charge < -0.3 is 5.11 Å². The van der Waals surface area contributed by atoms with Gasteiger partial charge >= 0.3 is 5.97 Å². The average molecular weight is 271 g/mol. The number of carboxylic acid groups (broad SMARTS) is 1. The first-order valence-corrected chi connectivity index (χ1v) is 7.22. The Balaban J connectivity index is 3.34. The summed E-state index contributed by atoms with van der Waals surface area (Å²) in [5, 5.41) is 9.04. The highest BCUT2D eigenvalue weighted by molar-refractivity contribution is 7.92. The molecule has 0 aromatic heterocycles.